The van der Waals surface area contributed by atoms with E-state index in [0.717, 1.165) is 18.5 Å². The van der Waals surface area contributed by atoms with Crippen LogP contribution in [0.1, 0.15) is 37.6 Å². The van der Waals surface area contributed by atoms with Gasteiger partial charge in [0.1, 0.15) is 0 Å². The molecular formula is C17H22N2S. The van der Waals surface area contributed by atoms with Crippen molar-refractivity contribution in [3.05, 3.63) is 40.7 Å². The molecule has 3 heteroatoms. The standard InChI is InChI=1S/C17H22N2S/c1-13-7-5-6-10-17(13,18)11-16-19-15(12-20-16)14-8-3-2-4-9-14/h2-4,8-9,12-13H,5-7,10-11,18H2,1H3. The van der Waals surface area contributed by atoms with Gasteiger partial charge in [-0.15, -0.1) is 11.3 Å². The highest BCUT2D eigenvalue weighted by Gasteiger charge is 2.35. The molecule has 0 saturated heterocycles. The van der Waals surface area contributed by atoms with Gasteiger partial charge in [-0.25, -0.2) is 4.98 Å². The number of rotatable bonds is 3. The van der Waals surface area contributed by atoms with Crippen molar-refractivity contribution in [1.29, 1.82) is 0 Å². The number of nitrogens with two attached hydrogens (primary N) is 1. The predicted octanol–water partition coefficient (Wildman–Crippen LogP) is 4.26. The summed E-state index contributed by atoms with van der Waals surface area (Å²) in [4.78, 5) is 4.79. The minimum Gasteiger partial charge on any atom is -0.324 e. The Morgan fingerprint density at radius 1 is 1.30 bits per heavy atom. The molecule has 3 rings (SSSR count). The van der Waals surface area contributed by atoms with Crippen LogP contribution in [0.5, 0.6) is 0 Å². The molecule has 2 aromatic rings. The van der Waals surface area contributed by atoms with Crippen molar-refractivity contribution in [3.63, 3.8) is 0 Å². The van der Waals surface area contributed by atoms with Gasteiger partial charge in [0, 0.05) is 22.9 Å². The van der Waals surface area contributed by atoms with Crippen molar-refractivity contribution in [2.45, 2.75) is 44.6 Å². The van der Waals surface area contributed by atoms with Crippen LogP contribution >= 0.6 is 11.3 Å². The van der Waals surface area contributed by atoms with Crippen molar-refractivity contribution in [2.24, 2.45) is 11.7 Å². The van der Waals surface area contributed by atoms with E-state index in [-0.39, 0.29) is 5.54 Å². The van der Waals surface area contributed by atoms with Gasteiger partial charge in [-0.2, -0.15) is 0 Å². The van der Waals surface area contributed by atoms with Gasteiger partial charge in [0.25, 0.3) is 0 Å². The fourth-order valence-corrected chi connectivity index (χ4v) is 4.06. The van der Waals surface area contributed by atoms with Crippen LogP contribution in [0.15, 0.2) is 35.7 Å². The number of hydrogen-bond donors (Lipinski definition) is 1. The SMILES string of the molecule is CC1CCCCC1(N)Cc1nc(-c2ccccc2)cs1. The van der Waals surface area contributed by atoms with Crippen LogP contribution in [0.2, 0.25) is 0 Å². The van der Waals surface area contributed by atoms with Gasteiger partial charge in [0.2, 0.25) is 0 Å². The third kappa shape index (κ3) is 2.79. The first-order chi connectivity index (χ1) is 9.67. The Balaban J connectivity index is 1.77. The number of thiazole rings is 1. The van der Waals surface area contributed by atoms with Crippen molar-refractivity contribution >= 4 is 11.3 Å². The maximum atomic E-state index is 6.65. The summed E-state index contributed by atoms with van der Waals surface area (Å²) in [6.45, 7) is 2.30. The first kappa shape index (κ1) is 13.8. The van der Waals surface area contributed by atoms with E-state index in [9.17, 15) is 0 Å². The van der Waals surface area contributed by atoms with Crippen molar-refractivity contribution in [1.82, 2.24) is 4.98 Å². The second kappa shape index (κ2) is 5.66. The molecule has 1 aliphatic rings. The molecule has 1 saturated carbocycles. The lowest BCUT2D eigenvalue weighted by atomic mass is 9.72. The molecule has 2 nitrogen and oxygen atoms in total. The zero-order chi connectivity index (χ0) is 14.0. The quantitative estimate of drug-likeness (QED) is 0.915. The third-order valence-electron chi connectivity index (χ3n) is 4.61. The fraction of sp³-hybridized carbons (Fsp3) is 0.471. The van der Waals surface area contributed by atoms with E-state index in [1.807, 2.05) is 6.07 Å². The lowest BCUT2D eigenvalue weighted by Crippen LogP contribution is -2.49. The van der Waals surface area contributed by atoms with E-state index in [2.05, 4.69) is 36.6 Å². The van der Waals surface area contributed by atoms with Gasteiger partial charge in [0.05, 0.1) is 10.7 Å². The van der Waals surface area contributed by atoms with E-state index in [1.165, 1.54) is 29.8 Å². The Hall–Kier alpha value is -1.19. The normalized spacial score (nSPS) is 26.6. The average Bonchev–Trinajstić information content (AvgIpc) is 2.92. The van der Waals surface area contributed by atoms with Gasteiger partial charge >= 0.3 is 0 Å². The molecule has 0 amide bonds. The van der Waals surface area contributed by atoms with Crippen LogP contribution in [0.25, 0.3) is 11.3 Å². The molecule has 1 aromatic heterocycles. The largest absolute Gasteiger partial charge is 0.324 e. The minimum atomic E-state index is -0.0515. The highest BCUT2D eigenvalue weighted by Crippen LogP contribution is 2.35. The lowest BCUT2D eigenvalue weighted by molar-refractivity contribution is 0.204. The van der Waals surface area contributed by atoms with Gasteiger partial charge in [-0.1, -0.05) is 50.1 Å². The van der Waals surface area contributed by atoms with E-state index in [1.54, 1.807) is 11.3 Å². The van der Waals surface area contributed by atoms with Crippen LogP contribution in [0.4, 0.5) is 0 Å². The summed E-state index contributed by atoms with van der Waals surface area (Å²) in [5.74, 6) is 0.598. The van der Waals surface area contributed by atoms with Crippen molar-refractivity contribution < 1.29 is 0 Å². The first-order valence-electron chi connectivity index (χ1n) is 7.46. The Morgan fingerprint density at radius 2 is 2.10 bits per heavy atom. The Kier molecular flexibility index (Phi) is 3.90. The molecule has 106 valence electrons. The Bertz CT molecular complexity index is 563. The van der Waals surface area contributed by atoms with Gasteiger partial charge in [-0.3, -0.25) is 0 Å². The predicted molar refractivity (Wildman–Crippen MR) is 85.8 cm³/mol. The highest BCUT2D eigenvalue weighted by molar-refractivity contribution is 7.09. The van der Waals surface area contributed by atoms with Gasteiger partial charge < -0.3 is 5.73 Å². The third-order valence-corrected chi connectivity index (χ3v) is 5.46. The van der Waals surface area contributed by atoms with Crippen LogP contribution in [0.3, 0.4) is 0 Å². The molecule has 20 heavy (non-hydrogen) atoms. The van der Waals surface area contributed by atoms with Crippen molar-refractivity contribution in [3.8, 4) is 11.3 Å². The molecular weight excluding hydrogens is 264 g/mol. The average molecular weight is 286 g/mol. The smallest absolute Gasteiger partial charge is 0.0951 e. The Morgan fingerprint density at radius 3 is 2.85 bits per heavy atom. The second-order valence-electron chi connectivity index (χ2n) is 6.05. The maximum Gasteiger partial charge on any atom is 0.0951 e. The molecule has 1 fully saturated rings. The molecule has 1 aromatic carbocycles. The van der Waals surface area contributed by atoms with Gasteiger partial charge in [0.15, 0.2) is 0 Å². The van der Waals surface area contributed by atoms with Crippen LogP contribution in [0, 0.1) is 5.92 Å². The van der Waals surface area contributed by atoms with E-state index >= 15 is 0 Å². The lowest BCUT2D eigenvalue weighted by Gasteiger charge is -2.39. The highest BCUT2D eigenvalue weighted by atomic mass is 32.1. The zero-order valence-corrected chi connectivity index (χ0v) is 12.8. The first-order valence-corrected chi connectivity index (χ1v) is 8.34. The second-order valence-corrected chi connectivity index (χ2v) is 6.99. The topological polar surface area (TPSA) is 38.9 Å². The summed E-state index contributed by atoms with van der Waals surface area (Å²) >= 11 is 1.75. The van der Waals surface area contributed by atoms with Gasteiger partial charge in [-0.05, 0) is 18.8 Å². The monoisotopic (exact) mass is 286 g/mol. The van der Waals surface area contributed by atoms with E-state index in [0.29, 0.717) is 5.92 Å². The maximum absolute atomic E-state index is 6.65. The number of benzene rings is 1. The molecule has 2 atom stereocenters. The summed E-state index contributed by atoms with van der Waals surface area (Å²) < 4.78 is 0. The van der Waals surface area contributed by atoms with Crippen LogP contribution in [-0.4, -0.2) is 10.5 Å². The van der Waals surface area contributed by atoms with E-state index in [4.69, 9.17) is 10.7 Å². The molecule has 0 aliphatic heterocycles. The summed E-state index contributed by atoms with van der Waals surface area (Å²) in [7, 11) is 0. The number of nitrogens with zero attached hydrogens (tertiary/aromatic N) is 1. The minimum absolute atomic E-state index is 0.0515. The van der Waals surface area contributed by atoms with Crippen LogP contribution in [-0.2, 0) is 6.42 Å². The molecule has 2 unspecified atom stereocenters. The summed E-state index contributed by atoms with van der Waals surface area (Å²) in [6.07, 6.45) is 5.90. The molecule has 1 heterocycles. The summed E-state index contributed by atoms with van der Waals surface area (Å²) in [6, 6.07) is 10.4. The molecule has 1 aliphatic carbocycles. The Labute approximate surface area is 125 Å². The number of hydrogen-bond acceptors (Lipinski definition) is 3. The summed E-state index contributed by atoms with van der Waals surface area (Å²) in [5.41, 5.74) is 8.87. The van der Waals surface area contributed by atoms with E-state index < -0.39 is 0 Å². The number of aromatic nitrogens is 1. The molecule has 0 bridgehead atoms. The molecule has 2 N–H and O–H groups in total. The van der Waals surface area contributed by atoms with Crippen molar-refractivity contribution in [2.75, 3.05) is 0 Å². The van der Waals surface area contributed by atoms with Crippen LogP contribution < -0.4 is 5.73 Å². The molecule has 0 spiro atoms. The fourth-order valence-electron chi connectivity index (χ4n) is 3.12. The zero-order valence-electron chi connectivity index (χ0n) is 12.0. The summed E-state index contributed by atoms with van der Waals surface area (Å²) in [5, 5.41) is 3.33. The molecule has 0 radical (unpaired) electrons.